The number of anilines is 1. The van der Waals surface area contributed by atoms with Crippen molar-refractivity contribution in [2.24, 2.45) is 0 Å². The molecule has 2 aromatic carbocycles. The van der Waals surface area contributed by atoms with Crippen LogP contribution in [0.25, 0.3) is 10.9 Å². The summed E-state index contributed by atoms with van der Waals surface area (Å²) in [4.78, 5) is 88.5. The fourth-order valence-electron chi connectivity index (χ4n) is 7.39. The van der Waals surface area contributed by atoms with Gasteiger partial charge in [-0.3, -0.25) is 14.7 Å². The van der Waals surface area contributed by atoms with Gasteiger partial charge in [0.25, 0.3) is 0 Å². The van der Waals surface area contributed by atoms with E-state index in [0.717, 1.165) is 4.90 Å². The molecule has 330 valence electrons. The third-order valence-electron chi connectivity index (χ3n) is 10.1. The van der Waals surface area contributed by atoms with Crippen molar-refractivity contribution in [3.05, 3.63) is 59.3 Å². The highest BCUT2D eigenvalue weighted by Crippen LogP contribution is 2.42. The minimum Gasteiger partial charge on any atom is -0.464 e. The summed E-state index contributed by atoms with van der Waals surface area (Å²) < 4.78 is 45.8. The van der Waals surface area contributed by atoms with Crippen molar-refractivity contribution in [1.29, 1.82) is 0 Å². The second kappa shape index (κ2) is 16.5. The number of esters is 3. The van der Waals surface area contributed by atoms with Crippen LogP contribution in [0.1, 0.15) is 90.9 Å². The molecule has 3 amide bonds. The molecular weight excluding hydrogens is 796 g/mol. The number of methoxy groups -OCH3 is 1. The average Bonchev–Trinajstić information content (AvgIpc) is 3.85. The topological polar surface area (TPSA) is 202 Å². The number of hydrogen-bond acceptors (Lipinski definition) is 14. The van der Waals surface area contributed by atoms with Crippen molar-refractivity contribution in [1.82, 2.24) is 14.8 Å². The minimum atomic E-state index is -1.24. The van der Waals surface area contributed by atoms with Crippen molar-refractivity contribution in [2.45, 2.75) is 123 Å². The summed E-state index contributed by atoms with van der Waals surface area (Å²) in [5.74, 6) is -2.53. The molecule has 0 aliphatic carbocycles. The Kier molecular flexibility index (Phi) is 12.1. The van der Waals surface area contributed by atoms with E-state index in [1.165, 1.54) is 29.0 Å². The number of ether oxygens (including phenoxy) is 8. The number of aromatic nitrogens is 1. The molecule has 18 heteroatoms. The standard InChI is InChI=1S/C43H54N4O14/c1-40(2,3)60-38(52)46-30(22-56-42(46,7)8)35(49)58-25-17-26-27-18-28(34(48)54-11)44-33(27)32(19-29(26)45(20-25)37(51)55-21-24-15-13-12-14-16-24)59-36(50)31-23-57-43(9,10)47(31)39(53)61-41(4,5)6/h12-16,18-19,25,30-31,44H,17,20-23H2,1-11H3/t25?,30-,31-/m1/s1. The lowest BCUT2D eigenvalue weighted by Crippen LogP contribution is -2.53. The molecule has 1 aromatic heterocycles. The first-order valence-corrected chi connectivity index (χ1v) is 19.9. The maximum Gasteiger partial charge on any atom is 0.414 e. The Labute approximate surface area is 353 Å². The van der Waals surface area contributed by atoms with E-state index < -0.39 is 77.0 Å². The van der Waals surface area contributed by atoms with E-state index in [1.807, 2.05) is 6.07 Å². The number of nitrogens with zero attached hydrogens (tertiary/aromatic N) is 3. The fraction of sp³-hybridized carbons (Fsp3) is 0.535. The quantitative estimate of drug-likeness (QED) is 0.160. The summed E-state index contributed by atoms with van der Waals surface area (Å²) in [6.45, 7) is 16.0. The van der Waals surface area contributed by atoms with Crippen LogP contribution in [0.2, 0.25) is 0 Å². The van der Waals surface area contributed by atoms with Crippen LogP contribution in [0.5, 0.6) is 5.75 Å². The van der Waals surface area contributed by atoms with E-state index in [-0.39, 0.29) is 55.4 Å². The average molecular weight is 851 g/mol. The summed E-state index contributed by atoms with van der Waals surface area (Å²) in [5.41, 5.74) is -2.69. The van der Waals surface area contributed by atoms with Crippen LogP contribution in [0, 0.1) is 0 Å². The lowest BCUT2D eigenvalue weighted by Gasteiger charge is -2.36. The number of amides is 3. The lowest BCUT2D eigenvalue weighted by molar-refractivity contribution is -0.154. The molecule has 3 aliphatic rings. The molecule has 2 fully saturated rings. The van der Waals surface area contributed by atoms with E-state index in [9.17, 15) is 28.8 Å². The van der Waals surface area contributed by atoms with E-state index in [1.54, 1.807) is 93.5 Å². The zero-order valence-corrected chi connectivity index (χ0v) is 36.4. The van der Waals surface area contributed by atoms with Crippen LogP contribution in [0.15, 0.2) is 42.5 Å². The van der Waals surface area contributed by atoms with Gasteiger partial charge < -0.3 is 42.9 Å². The van der Waals surface area contributed by atoms with Crippen molar-refractivity contribution < 1.29 is 66.7 Å². The van der Waals surface area contributed by atoms with E-state index in [2.05, 4.69) is 4.98 Å². The van der Waals surface area contributed by atoms with Crippen LogP contribution in [0.4, 0.5) is 20.1 Å². The van der Waals surface area contributed by atoms with Crippen molar-refractivity contribution in [3.63, 3.8) is 0 Å². The molecule has 0 radical (unpaired) electrons. The number of carbonyl (C=O) groups is 6. The second-order valence-corrected chi connectivity index (χ2v) is 17.9. The largest absolute Gasteiger partial charge is 0.464 e. The Balaban J connectivity index is 1.38. The van der Waals surface area contributed by atoms with E-state index in [0.29, 0.717) is 16.5 Å². The highest BCUT2D eigenvalue weighted by Gasteiger charge is 2.52. The molecule has 0 spiro atoms. The zero-order chi connectivity index (χ0) is 44.8. The number of carbonyl (C=O) groups excluding carboxylic acids is 6. The van der Waals surface area contributed by atoms with E-state index in [4.69, 9.17) is 37.9 Å². The van der Waals surface area contributed by atoms with Gasteiger partial charge in [-0.25, -0.2) is 28.8 Å². The van der Waals surface area contributed by atoms with Crippen LogP contribution in [-0.4, -0.2) is 119 Å². The zero-order valence-electron chi connectivity index (χ0n) is 36.4. The van der Waals surface area contributed by atoms with Gasteiger partial charge in [-0.1, -0.05) is 30.3 Å². The molecule has 0 saturated carbocycles. The minimum absolute atomic E-state index is 0.00716. The predicted molar refractivity (Wildman–Crippen MR) is 217 cm³/mol. The number of hydrogen-bond donors (Lipinski definition) is 1. The number of fused-ring (bicyclic) bond motifs is 3. The summed E-state index contributed by atoms with van der Waals surface area (Å²) in [5, 5.41) is 0.329. The first kappa shape index (κ1) is 44.7. The maximum atomic E-state index is 14.1. The Morgan fingerprint density at radius 1 is 0.787 bits per heavy atom. The monoisotopic (exact) mass is 850 g/mol. The molecule has 3 aliphatic heterocycles. The maximum absolute atomic E-state index is 14.1. The molecule has 2 saturated heterocycles. The van der Waals surface area contributed by atoms with Gasteiger partial charge in [-0.15, -0.1) is 0 Å². The molecule has 18 nitrogen and oxygen atoms in total. The van der Waals surface area contributed by atoms with Crippen molar-refractivity contribution >= 4 is 52.8 Å². The first-order valence-electron chi connectivity index (χ1n) is 19.9. The van der Waals surface area contributed by atoms with Gasteiger partial charge >= 0.3 is 36.2 Å². The molecule has 1 N–H and O–H groups in total. The van der Waals surface area contributed by atoms with Gasteiger partial charge in [0.15, 0.2) is 17.8 Å². The van der Waals surface area contributed by atoms with Gasteiger partial charge in [0.1, 0.15) is 41.1 Å². The number of benzene rings is 2. The van der Waals surface area contributed by atoms with Crippen LogP contribution in [0.3, 0.4) is 0 Å². The summed E-state index contributed by atoms with van der Waals surface area (Å²) in [6, 6.07) is 9.47. The summed E-state index contributed by atoms with van der Waals surface area (Å²) in [7, 11) is 1.20. The third-order valence-corrected chi connectivity index (χ3v) is 10.1. The van der Waals surface area contributed by atoms with Crippen LogP contribution >= 0.6 is 0 Å². The first-order chi connectivity index (χ1) is 28.4. The third kappa shape index (κ3) is 9.70. The van der Waals surface area contributed by atoms with Crippen LogP contribution < -0.4 is 9.64 Å². The highest BCUT2D eigenvalue weighted by molar-refractivity contribution is 6.04. The highest BCUT2D eigenvalue weighted by atomic mass is 16.6. The molecule has 3 atom stereocenters. The molecule has 4 heterocycles. The van der Waals surface area contributed by atoms with Gasteiger partial charge in [0.2, 0.25) is 0 Å². The van der Waals surface area contributed by atoms with Gasteiger partial charge in [0.05, 0.1) is 38.1 Å². The Bertz CT molecular complexity index is 2200. The number of rotatable bonds is 7. The van der Waals surface area contributed by atoms with Crippen molar-refractivity contribution in [2.75, 3.05) is 31.8 Å². The molecule has 61 heavy (non-hydrogen) atoms. The Hall–Kier alpha value is -5.88. The predicted octanol–water partition coefficient (Wildman–Crippen LogP) is 6.22. The van der Waals surface area contributed by atoms with Gasteiger partial charge in [-0.2, -0.15) is 0 Å². The van der Waals surface area contributed by atoms with Gasteiger partial charge in [0, 0.05) is 17.9 Å². The summed E-state index contributed by atoms with van der Waals surface area (Å²) >= 11 is 0. The van der Waals surface area contributed by atoms with Crippen LogP contribution in [-0.2, 0) is 55.8 Å². The smallest absolute Gasteiger partial charge is 0.414 e. The SMILES string of the molecule is COC(=O)c1cc2c3c(cc(OC(=O)[C@H]4COC(C)(C)N4C(=O)OC(C)(C)C)c2[nH]1)N(C(=O)OCc1ccccc1)CC(OC(=O)[C@H]1COC(C)(C)N1C(=O)OC(C)(C)C)C3. The van der Waals surface area contributed by atoms with Crippen molar-refractivity contribution in [3.8, 4) is 5.75 Å². The normalized spacial score (nSPS) is 20.8. The molecule has 0 bridgehead atoms. The molecule has 1 unspecified atom stereocenters. The molecular formula is C43H54N4O14. The van der Waals surface area contributed by atoms with E-state index >= 15 is 0 Å². The lowest BCUT2D eigenvalue weighted by atomic mass is 9.95. The number of H-pyrrole nitrogens is 1. The molecule has 3 aromatic rings. The second-order valence-electron chi connectivity index (χ2n) is 17.9. The number of aromatic amines is 1. The van der Waals surface area contributed by atoms with Gasteiger partial charge in [-0.05, 0) is 86.4 Å². The number of nitrogens with one attached hydrogen (secondary N) is 1. The molecule has 6 rings (SSSR count). The Morgan fingerprint density at radius 2 is 1.34 bits per heavy atom. The Morgan fingerprint density at radius 3 is 1.89 bits per heavy atom. The summed E-state index contributed by atoms with van der Waals surface area (Å²) in [6.07, 6.45) is -3.40. The fourth-order valence-corrected chi connectivity index (χ4v) is 7.39.